The summed E-state index contributed by atoms with van der Waals surface area (Å²) in [6.07, 6.45) is 2.03. The molecule has 0 amide bonds. The molecule has 0 aliphatic carbocycles. The minimum Gasteiger partial charge on any atom is -0.243 e. The summed E-state index contributed by atoms with van der Waals surface area (Å²) in [7, 11) is 2.15. The van der Waals surface area contributed by atoms with Gasteiger partial charge in [0, 0.05) is 6.07 Å². The number of rotatable bonds is 2. The predicted molar refractivity (Wildman–Crippen MR) is 111 cm³/mol. The van der Waals surface area contributed by atoms with Crippen molar-refractivity contribution in [2.24, 2.45) is 7.05 Å². The second-order valence-electron chi connectivity index (χ2n) is 8.82. The van der Waals surface area contributed by atoms with Crippen molar-refractivity contribution in [1.82, 2.24) is 4.98 Å². The van der Waals surface area contributed by atoms with Gasteiger partial charge in [0.25, 0.3) is 0 Å². The van der Waals surface area contributed by atoms with Crippen LogP contribution in [0.4, 0.5) is 0 Å². The highest BCUT2D eigenvalue weighted by Crippen LogP contribution is 2.31. The molecule has 0 aliphatic heterocycles. The van der Waals surface area contributed by atoms with Gasteiger partial charge in [0.2, 0.25) is 11.2 Å². The topological polar surface area (TPSA) is 16.8 Å². The Labute approximate surface area is 157 Å². The molecule has 1 aromatic heterocycles. The number of hydrogen-bond donors (Lipinski definition) is 0. The molecule has 136 valence electrons. The molecule has 2 nitrogen and oxygen atoms in total. The van der Waals surface area contributed by atoms with Gasteiger partial charge in [-0.1, -0.05) is 46.8 Å². The van der Waals surface area contributed by atoms with Crippen LogP contribution in [0.5, 0.6) is 0 Å². The summed E-state index contributed by atoms with van der Waals surface area (Å²) in [6.45, 7) is 15.7. The van der Waals surface area contributed by atoms with Crippen LogP contribution in [0.2, 0.25) is 0 Å². The highest BCUT2D eigenvalue weighted by Gasteiger charge is 2.22. The van der Waals surface area contributed by atoms with E-state index in [1.807, 2.05) is 6.20 Å². The summed E-state index contributed by atoms with van der Waals surface area (Å²) in [5.74, 6) is 0.513. The van der Waals surface area contributed by atoms with Crippen molar-refractivity contribution < 1.29 is 4.57 Å². The molecular weight excluding hydrogens is 316 g/mol. The SMILES string of the molecule is Cc1cc(C(C)(C)C)cc(-c2cnc3cc(C(C)C)ccc3[n+]2C)c1C. The van der Waals surface area contributed by atoms with Gasteiger partial charge in [-0.3, -0.25) is 0 Å². The van der Waals surface area contributed by atoms with Gasteiger partial charge in [0.05, 0.1) is 5.56 Å². The van der Waals surface area contributed by atoms with Crippen molar-refractivity contribution in [2.45, 2.75) is 59.8 Å². The fourth-order valence-electron chi connectivity index (χ4n) is 3.44. The van der Waals surface area contributed by atoms with Gasteiger partial charge in [-0.05, 0) is 59.6 Å². The maximum atomic E-state index is 4.80. The Morgan fingerprint density at radius 1 is 1.00 bits per heavy atom. The largest absolute Gasteiger partial charge is 0.243 e. The Hall–Kier alpha value is -2.22. The van der Waals surface area contributed by atoms with Crippen LogP contribution in [0.1, 0.15) is 62.8 Å². The van der Waals surface area contributed by atoms with Crippen molar-refractivity contribution in [3.8, 4) is 11.3 Å². The van der Waals surface area contributed by atoms with Gasteiger partial charge < -0.3 is 0 Å². The van der Waals surface area contributed by atoms with E-state index < -0.39 is 0 Å². The average molecular weight is 348 g/mol. The summed E-state index contributed by atoms with van der Waals surface area (Å²) >= 11 is 0. The molecule has 0 fully saturated rings. The Morgan fingerprint density at radius 3 is 2.31 bits per heavy atom. The molecule has 1 heterocycles. The van der Waals surface area contributed by atoms with E-state index in [2.05, 4.69) is 90.4 Å². The lowest BCUT2D eigenvalue weighted by molar-refractivity contribution is -0.634. The van der Waals surface area contributed by atoms with Crippen LogP contribution < -0.4 is 4.57 Å². The summed E-state index contributed by atoms with van der Waals surface area (Å²) in [4.78, 5) is 4.80. The van der Waals surface area contributed by atoms with Crippen molar-refractivity contribution in [2.75, 3.05) is 0 Å². The number of benzene rings is 2. The smallest absolute Gasteiger partial charge is 0.231 e. The standard InChI is InChI=1S/C24H31N2/c1-15(2)18-9-10-22-21(12-18)25-14-23(26(22)8)20-13-19(24(5,6)7)11-16(3)17(20)4/h9-15H,1-8H3/q+1. The highest BCUT2D eigenvalue weighted by molar-refractivity contribution is 5.74. The molecular formula is C24H31N2+. The molecule has 0 bridgehead atoms. The molecule has 2 heteroatoms. The normalized spacial score (nSPS) is 12.2. The second kappa shape index (κ2) is 6.50. The molecule has 3 aromatic rings. The zero-order valence-corrected chi connectivity index (χ0v) is 17.4. The maximum Gasteiger partial charge on any atom is 0.231 e. The lowest BCUT2D eigenvalue weighted by atomic mass is 9.83. The first kappa shape index (κ1) is 18.6. The molecule has 0 unspecified atom stereocenters. The van der Waals surface area contributed by atoms with E-state index in [1.165, 1.54) is 39.0 Å². The van der Waals surface area contributed by atoms with E-state index in [9.17, 15) is 0 Å². The Balaban J connectivity index is 2.24. The van der Waals surface area contributed by atoms with E-state index in [4.69, 9.17) is 4.98 Å². The Morgan fingerprint density at radius 2 is 1.69 bits per heavy atom. The van der Waals surface area contributed by atoms with Crippen LogP contribution in [0.15, 0.2) is 36.5 Å². The zero-order valence-electron chi connectivity index (χ0n) is 17.4. The van der Waals surface area contributed by atoms with Crippen LogP contribution in [-0.2, 0) is 12.5 Å². The third-order valence-electron chi connectivity index (χ3n) is 5.52. The van der Waals surface area contributed by atoms with Gasteiger partial charge in [-0.2, -0.15) is 4.57 Å². The molecule has 26 heavy (non-hydrogen) atoms. The van der Waals surface area contributed by atoms with Crippen LogP contribution in [0, 0.1) is 13.8 Å². The van der Waals surface area contributed by atoms with Crippen molar-refractivity contribution in [3.05, 3.63) is 58.8 Å². The minimum absolute atomic E-state index is 0.127. The van der Waals surface area contributed by atoms with Gasteiger partial charge in [-0.25, -0.2) is 4.98 Å². The van der Waals surface area contributed by atoms with E-state index in [0.29, 0.717) is 5.92 Å². The van der Waals surface area contributed by atoms with Crippen molar-refractivity contribution in [3.63, 3.8) is 0 Å². The van der Waals surface area contributed by atoms with Crippen molar-refractivity contribution >= 4 is 11.0 Å². The number of aryl methyl sites for hydroxylation is 2. The highest BCUT2D eigenvalue weighted by atomic mass is 15.0. The summed E-state index contributed by atoms with van der Waals surface area (Å²) in [5, 5.41) is 0. The number of aromatic nitrogens is 2. The summed E-state index contributed by atoms with van der Waals surface area (Å²) in [6, 6.07) is 11.3. The van der Waals surface area contributed by atoms with E-state index >= 15 is 0 Å². The second-order valence-corrected chi connectivity index (χ2v) is 8.82. The summed E-state index contributed by atoms with van der Waals surface area (Å²) < 4.78 is 2.28. The third kappa shape index (κ3) is 3.25. The molecule has 0 radical (unpaired) electrons. The van der Waals surface area contributed by atoms with Crippen LogP contribution >= 0.6 is 0 Å². The fraction of sp³-hybridized carbons (Fsp3) is 0.417. The predicted octanol–water partition coefficient (Wildman–Crippen LogP) is 5.76. The fourth-order valence-corrected chi connectivity index (χ4v) is 3.44. The van der Waals surface area contributed by atoms with Gasteiger partial charge in [0.15, 0.2) is 0 Å². The number of nitrogens with zero attached hydrogens (tertiary/aromatic N) is 2. The molecule has 0 N–H and O–H groups in total. The molecule has 0 saturated heterocycles. The molecule has 3 rings (SSSR count). The lowest BCUT2D eigenvalue weighted by Crippen LogP contribution is -2.33. The lowest BCUT2D eigenvalue weighted by Gasteiger charge is -2.22. The minimum atomic E-state index is 0.127. The van der Waals surface area contributed by atoms with Crippen LogP contribution in [-0.4, -0.2) is 4.98 Å². The monoisotopic (exact) mass is 347 g/mol. The maximum absolute atomic E-state index is 4.80. The molecule has 0 aliphatic rings. The van der Waals surface area contributed by atoms with E-state index in [-0.39, 0.29) is 5.41 Å². The first-order valence-electron chi connectivity index (χ1n) is 9.50. The summed E-state index contributed by atoms with van der Waals surface area (Å²) in [5.41, 5.74) is 10.2. The first-order valence-corrected chi connectivity index (χ1v) is 9.50. The van der Waals surface area contributed by atoms with Crippen LogP contribution in [0.25, 0.3) is 22.3 Å². The molecule has 0 saturated carbocycles. The number of hydrogen-bond acceptors (Lipinski definition) is 1. The zero-order chi connectivity index (χ0) is 19.2. The average Bonchev–Trinajstić information content (AvgIpc) is 2.56. The Kier molecular flexibility index (Phi) is 4.64. The number of fused-ring (bicyclic) bond motifs is 1. The van der Waals surface area contributed by atoms with Gasteiger partial charge >= 0.3 is 0 Å². The molecule has 0 spiro atoms. The van der Waals surface area contributed by atoms with E-state index in [1.54, 1.807) is 0 Å². The van der Waals surface area contributed by atoms with Crippen molar-refractivity contribution in [1.29, 1.82) is 0 Å². The van der Waals surface area contributed by atoms with E-state index in [0.717, 1.165) is 5.52 Å². The Bertz CT molecular complexity index is 976. The van der Waals surface area contributed by atoms with Crippen LogP contribution in [0.3, 0.4) is 0 Å². The van der Waals surface area contributed by atoms with Gasteiger partial charge in [-0.15, -0.1) is 0 Å². The first-order chi connectivity index (χ1) is 12.1. The molecule has 2 aromatic carbocycles. The quantitative estimate of drug-likeness (QED) is 0.538. The molecule has 0 atom stereocenters. The third-order valence-corrected chi connectivity index (χ3v) is 5.52. The van der Waals surface area contributed by atoms with Gasteiger partial charge in [0.1, 0.15) is 18.8 Å².